The molecule has 0 spiro atoms. The second-order valence-electron chi connectivity index (χ2n) is 5.28. The Hall–Kier alpha value is -1.70. The number of aromatic nitrogens is 2. The number of benzene rings is 1. The third-order valence-corrected chi connectivity index (χ3v) is 3.95. The monoisotopic (exact) mass is 319 g/mol. The van der Waals surface area contributed by atoms with Crippen molar-refractivity contribution in [1.29, 1.82) is 0 Å². The number of nitrogens with zero attached hydrogens (tertiary/aromatic N) is 3. The maximum atomic E-state index is 5.34. The third-order valence-electron chi connectivity index (χ3n) is 3.72. The van der Waals surface area contributed by atoms with Crippen LogP contribution in [-0.2, 0) is 4.74 Å². The standard InChI is InChI=1S/C15H21N5OS/c22-15(16-6-3-7-19-8-10-21-11-9-19)18-20-12-17-13-4-1-2-5-14(13)20/h1-2,4-5,12H,3,6-11H2,(H2,16,18,22). The van der Waals surface area contributed by atoms with Crippen molar-refractivity contribution < 1.29 is 4.74 Å². The molecule has 118 valence electrons. The van der Waals surface area contributed by atoms with Gasteiger partial charge in [0.15, 0.2) is 5.11 Å². The number of thiocarbonyl (C=S) groups is 1. The van der Waals surface area contributed by atoms with Crippen LogP contribution in [0.4, 0.5) is 0 Å². The van der Waals surface area contributed by atoms with Crippen LogP contribution in [0.3, 0.4) is 0 Å². The summed E-state index contributed by atoms with van der Waals surface area (Å²) in [6.07, 6.45) is 2.80. The first-order valence-electron chi connectivity index (χ1n) is 7.60. The topological polar surface area (TPSA) is 54.4 Å². The van der Waals surface area contributed by atoms with Crippen molar-refractivity contribution in [2.24, 2.45) is 0 Å². The Labute approximate surface area is 135 Å². The Morgan fingerprint density at radius 1 is 1.27 bits per heavy atom. The number of nitrogens with one attached hydrogen (secondary N) is 2. The van der Waals surface area contributed by atoms with Crippen LogP contribution in [0.5, 0.6) is 0 Å². The fourth-order valence-corrected chi connectivity index (χ4v) is 2.73. The molecule has 1 aromatic heterocycles. The lowest BCUT2D eigenvalue weighted by molar-refractivity contribution is 0.0376. The fraction of sp³-hybridized carbons (Fsp3) is 0.467. The predicted molar refractivity (Wildman–Crippen MR) is 91.6 cm³/mol. The van der Waals surface area contributed by atoms with E-state index in [9.17, 15) is 0 Å². The lowest BCUT2D eigenvalue weighted by Gasteiger charge is -2.26. The molecular formula is C15H21N5OS. The van der Waals surface area contributed by atoms with Gasteiger partial charge >= 0.3 is 0 Å². The van der Waals surface area contributed by atoms with E-state index in [1.165, 1.54) is 0 Å². The highest BCUT2D eigenvalue weighted by molar-refractivity contribution is 7.80. The number of hydrogen-bond acceptors (Lipinski definition) is 4. The van der Waals surface area contributed by atoms with Crippen molar-refractivity contribution in [1.82, 2.24) is 19.9 Å². The van der Waals surface area contributed by atoms with E-state index in [-0.39, 0.29) is 0 Å². The highest BCUT2D eigenvalue weighted by atomic mass is 32.1. The minimum absolute atomic E-state index is 0.616. The van der Waals surface area contributed by atoms with Gasteiger partial charge in [-0.25, -0.2) is 9.66 Å². The van der Waals surface area contributed by atoms with E-state index in [4.69, 9.17) is 17.0 Å². The largest absolute Gasteiger partial charge is 0.379 e. The highest BCUT2D eigenvalue weighted by Gasteiger charge is 2.09. The molecule has 0 saturated carbocycles. The summed E-state index contributed by atoms with van der Waals surface area (Å²) < 4.78 is 7.18. The zero-order valence-corrected chi connectivity index (χ0v) is 13.3. The van der Waals surface area contributed by atoms with Crippen LogP contribution in [0.1, 0.15) is 6.42 Å². The molecule has 1 fully saturated rings. The summed E-state index contributed by atoms with van der Waals surface area (Å²) in [4.78, 5) is 6.75. The molecule has 2 aromatic rings. The summed E-state index contributed by atoms with van der Waals surface area (Å²) in [5, 5.41) is 3.85. The van der Waals surface area contributed by atoms with Crippen LogP contribution >= 0.6 is 12.2 Å². The highest BCUT2D eigenvalue weighted by Crippen LogP contribution is 2.09. The van der Waals surface area contributed by atoms with E-state index in [1.54, 1.807) is 6.33 Å². The molecule has 1 aromatic carbocycles. The van der Waals surface area contributed by atoms with Gasteiger partial charge in [0, 0.05) is 19.6 Å². The number of hydrogen-bond donors (Lipinski definition) is 2. The second-order valence-corrected chi connectivity index (χ2v) is 5.69. The minimum Gasteiger partial charge on any atom is -0.379 e. The summed E-state index contributed by atoms with van der Waals surface area (Å²) in [7, 11) is 0. The summed E-state index contributed by atoms with van der Waals surface area (Å²) in [5.41, 5.74) is 5.11. The Morgan fingerprint density at radius 2 is 2.09 bits per heavy atom. The maximum Gasteiger partial charge on any atom is 0.185 e. The van der Waals surface area contributed by atoms with E-state index < -0.39 is 0 Å². The van der Waals surface area contributed by atoms with E-state index >= 15 is 0 Å². The van der Waals surface area contributed by atoms with Crippen molar-refractivity contribution in [3.05, 3.63) is 30.6 Å². The van der Waals surface area contributed by atoms with Gasteiger partial charge in [-0.2, -0.15) is 0 Å². The second kappa shape index (κ2) is 7.53. The molecule has 7 heteroatoms. The summed E-state index contributed by atoms with van der Waals surface area (Å²) >= 11 is 5.33. The van der Waals surface area contributed by atoms with Crippen LogP contribution in [0, 0.1) is 0 Å². The van der Waals surface area contributed by atoms with Crippen LogP contribution < -0.4 is 10.7 Å². The van der Waals surface area contributed by atoms with E-state index in [0.29, 0.717) is 5.11 Å². The lowest BCUT2D eigenvalue weighted by atomic mass is 10.3. The van der Waals surface area contributed by atoms with Crippen LogP contribution in [-0.4, -0.2) is 59.1 Å². The first-order valence-corrected chi connectivity index (χ1v) is 8.01. The molecule has 0 unspecified atom stereocenters. The first kappa shape index (κ1) is 15.2. The van der Waals surface area contributed by atoms with Gasteiger partial charge in [0.05, 0.1) is 24.2 Å². The third kappa shape index (κ3) is 3.94. The van der Waals surface area contributed by atoms with Crippen molar-refractivity contribution in [2.75, 3.05) is 44.8 Å². The summed E-state index contributed by atoms with van der Waals surface area (Å²) in [6, 6.07) is 7.95. The Kier molecular flexibility index (Phi) is 5.20. The Morgan fingerprint density at radius 3 is 2.95 bits per heavy atom. The lowest BCUT2D eigenvalue weighted by Crippen LogP contribution is -2.39. The van der Waals surface area contributed by atoms with Gasteiger partial charge in [0.1, 0.15) is 6.33 Å². The van der Waals surface area contributed by atoms with Crippen LogP contribution in [0.25, 0.3) is 11.0 Å². The van der Waals surface area contributed by atoms with Crippen molar-refractivity contribution in [3.8, 4) is 0 Å². The normalized spacial score (nSPS) is 15.8. The number of rotatable bonds is 5. The van der Waals surface area contributed by atoms with Gasteiger partial charge in [-0.15, -0.1) is 0 Å². The molecular weight excluding hydrogens is 298 g/mol. The molecule has 1 saturated heterocycles. The SMILES string of the molecule is S=C(NCCCN1CCOCC1)Nn1cnc2ccccc21. The molecule has 2 heterocycles. The number of para-hydroxylation sites is 2. The van der Waals surface area contributed by atoms with Gasteiger partial charge in [-0.3, -0.25) is 10.3 Å². The number of imidazole rings is 1. The zero-order valence-electron chi connectivity index (χ0n) is 12.5. The average molecular weight is 319 g/mol. The first-order chi connectivity index (χ1) is 10.8. The smallest absolute Gasteiger partial charge is 0.185 e. The zero-order chi connectivity index (χ0) is 15.2. The van der Waals surface area contributed by atoms with Crippen molar-refractivity contribution in [2.45, 2.75) is 6.42 Å². The van der Waals surface area contributed by atoms with Crippen molar-refractivity contribution >= 4 is 28.4 Å². The Bertz CT molecular complexity index is 623. The van der Waals surface area contributed by atoms with E-state index in [1.807, 2.05) is 28.9 Å². The molecule has 0 atom stereocenters. The molecule has 2 N–H and O–H groups in total. The average Bonchev–Trinajstić information content (AvgIpc) is 2.96. The Balaban J connectivity index is 1.41. The molecule has 3 rings (SSSR count). The number of morpholine rings is 1. The van der Waals surface area contributed by atoms with Gasteiger partial charge in [-0.05, 0) is 37.3 Å². The van der Waals surface area contributed by atoms with Crippen LogP contribution in [0.15, 0.2) is 30.6 Å². The van der Waals surface area contributed by atoms with Crippen molar-refractivity contribution in [3.63, 3.8) is 0 Å². The maximum absolute atomic E-state index is 5.34. The predicted octanol–water partition coefficient (Wildman–Crippen LogP) is 1.18. The molecule has 0 amide bonds. The minimum atomic E-state index is 0.616. The van der Waals surface area contributed by atoms with Gasteiger partial charge in [0.2, 0.25) is 0 Å². The van der Waals surface area contributed by atoms with Gasteiger partial charge < -0.3 is 10.1 Å². The molecule has 0 aliphatic carbocycles. The molecule has 6 nitrogen and oxygen atoms in total. The van der Waals surface area contributed by atoms with Gasteiger partial charge in [0.25, 0.3) is 0 Å². The summed E-state index contributed by atoms with van der Waals surface area (Å²) in [6.45, 7) is 5.69. The quantitative estimate of drug-likeness (QED) is 0.637. The molecule has 1 aliphatic heterocycles. The molecule has 0 bridgehead atoms. The van der Waals surface area contributed by atoms with E-state index in [2.05, 4.69) is 20.6 Å². The molecule has 0 radical (unpaired) electrons. The van der Waals surface area contributed by atoms with E-state index in [0.717, 1.165) is 56.8 Å². The number of fused-ring (bicyclic) bond motifs is 1. The number of ether oxygens (including phenoxy) is 1. The fourth-order valence-electron chi connectivity index (χ4n) is 2.53. The van der Waals surface area contributed by atoms with Gasteiger partial charge in [-0.1, -0.05) is 12.1 Å². The van der Waals surface area contributed by atoms with Crippen LogP contribution in [0.2, 0.25) is 0 Å². The summed E-state index contributed by atoms with van der Waals surface area (Å²) in [5.74, 6) is 0. The molecule has 1 aliphatic rings. The molecule has 22 heavy (non-hydrogen) atoms.